The molecule has 9 heteroatoms. The lowest BCUT2D eigenvalue weighted by molar-refractivity contribution is -0.250. The van der Waals surface area contributed by atoms with Gasteiger partial charge in [-0.15, -0.1) is 0 Å². The Labute approximate surface area is 178 Å². The highest BCUT2D eigenvalue weighted by Crippen LogP contribution is 2.39. The van der Waals surface area contributed by atoms with E-state index in [1.165, 1.54) is 6.92 Å². The Hall–Kier alpha value is -1.78. The fourth-order valence-corrected chi connectivity index (χ4v) is 4.25. The van der Waals surface area contributed by atoms with E-state index in [9.17, 15) is 19.8 Å². The predicted octanol–water partition coefficient (Wildman–Crippen LogP) is 1.82. The third-order valence-corrected chi connectivity index (χ3v) is 10.2. The highest BCUT2D eigenvalue weighted by molar-refractivity contribution is 6.74. The van der Waals surface area contributed by atoms with Crippen LogP contribution in [0.15, 0.2) is 30.3 Å². The van der Waals surface area contributed by atoms with Gasteiger partial charge in [-0.2, -0.15) is 0 Å². The van der Waals surface area contributed by atoms with Crippen molar-refractivity contribution in [3.63, 3.8) is 0 Å². The van der Waals surface area contributed by atoms with Gasteiger partial charge in [0.2, 0.25) is 5.91 Å². The first-order chi connectivity index (χ1) is 13.8. The summed E-state index contributed by atoms with van der Waals surface area (Å²) in [6.45, 7) is 11.2. The monoisotopic (exact) mass is 439 g/mol. The minimum absolute atomic E-state index is 0.161. The molecule has 1 fully saturated rings. The molecular formula is C21H33NO7Si. The van der Waals surface area contributed by atoms with E-state index in [1.54, 1.807) is 30.3 Å². The van der Waals surface area contributed by atoms with Crippen molar-refractivity contribution >= 4 is 20.2 Å². The quantitative estimate of drug-likeness (QED) is 0.457. The second-order valence-corrected chi connectivity index (χ2v) is 13.8. The lowest BCUT2D eigenvalue weighted by Crippen LogP contribution is -2.67. The molecule has 1 saturated heterocycles. The lowest BCUT2D eigenvalue weighted by Gasteiger charge is -2.48. The van der Waals surface area contributed by atoms with Crippen molar-refractivity contribution in [2.24, 2.45) is 0 Å². The molecule has 0 radical (unpaired) electrons. The molecule has 0 bridgehead atoms. The molecule has 0 aromatic heterocycles. The minimum atomic E-state index is -2.37. The topological polar surface area (TPSA) is 114 Å². The molecular weight excluding hydrogens is 406 g/mol. The fourth-order valence-electron chi connectivity index (χ4n) is 2.93. The van der Waals surface area contributed by atoms with E-state index >= 15 is 0 Å². The maximum atomic E-state index is 12.2. The summed E-state index contributed by atoms with van der Waals surface area (Å²) in [6, 6.07) is 7.50. The van der Waals surface area contributed by atoms with Crippen molar-refractivity contribution in [1.82, 2.24) is 5.32 Å². The molecule has 0 saturated carbocycles. The second-order valence-electron chi connectivity index (χ2n) is 9.09. The van der Waals surface area contributed by atoms with Crippen molar-refractivity contribution in [3.05, 3.63) is 35.9 Å². The standard InChI is InChI=1S/C21H33NO7Si/c1-13(23)22-16-18(29-30(5,6)21(2,3)4)17(24)15(28-20(16)26)12-27-19(25)14-10-8-7-9-11-14/h7-11,15-18,20,24,26H,12H2,1-6H3,(H,22,23)/t15-,16-,17-,18-,20+/m1/s1. The van der Waals surface area contributed by atoms with E-state index in [4.69, 9.17) is 13.9 Å². The van der Waals surface area contributed by atoms with Crippen LogP contribution in [0.4, 0.5) is 0 Å². The Kier molecular flexibility index (Phi) is 7.81. The molecule has 0 aliphatic carbocycles. The first kappa shape index (κ1) is 24.5. The van der Waals surface area contributed by atoms with Gasteiger partial charge in [0.25, 0.3) is 0 Å². The van der Waals surface area contributed by atoms with Gasteiger partial charge in [-0.3, -0.25) is 4.79 Å². The van der Waals surface area contributed by atoms with Gasteiger partial charge >= 0.3 is 5.97 Å². The molecule has 1 heterocycles. The van der Waals surface area contributed by atoms with Crippen LogP contribution < -0.4 is 5.32 Å². The fraction of sp³-hybridized carbons (Fsp3) is 0.619. The SMILES string of the molecule is CC(=O)N[C@@H]1[C@@H](O[Si](C)(C)C(C)(C)C)[C@H](O)[C@@H](COC(=O)c2ccccc2)O[C@@H]1O. The number of esters is 1. The number of aliphatic hydroxyl groups excluding tert-OH is 2. The normalized spacial score (nSPS) is 27.4. The summed E-state index contributed by atoms with van der Waals surface area (Å²) in [5.41, 5.74) is 0.369. The maximum absolute atomic E-state index is 12.2. The van der Waals surface area contributed by atoms with Crippen LogP contribution in [0, 0.1) is 0 Å². The highest BCUT2D eigenvalue weighted by atomic mass is 28.4. The van der Waals surface area contributed by atoms with Crippen molar-refractivity contribution < 1.29 is 33.7 Å². The molecule has 2 rings (SSSR count). The van der Waals surface area contributed by atoms with Crippen LogP contribution >= 0.6 is 0 Å². The Morgan fingerprint density at radius 3 is 2.30 bits per heavy atom. The van der Waals surface area contributed by atoms with E-state index in [-0.39, 0.29) is 17.6 Å². The summed E-state index contributed by atoms with van der Waals surface area (Å²) in [6.07, 6.45) is -4.57. The van der Waals surface area contributed by atoms with Gasteiger partial charge in [0.1, 0.15) is 24.9 Å². The summed E-state index contributed by atoms with van der Waals surface area (Å²) in [4.78, 5) is 23.9. The van der Waals surface area contributed by atoms with Gasteiger partial charge in [-0.25, -0.2) is 4.79 Å². The van der Waals surface area contributed by atoms with Gasteiger partial charge in [0.05, 0.1) is 11.7 Å². The van der Waals surface area contributed by atoms with Gasteiger partial charge in [0.15, 0.2) is 14.6 Å². The molecule has 5 atom stereocenters. The first-order valence-corrected chi connectivity index (χ1v) is 12.9. The van der Waals surface area contributed by atoms with Gasteiger partial charge < -0.3 is 29.4 Å². The van der Waals surface area contributed by atoms with Gasteiger partial charge in [-0.1, -0.05) is 39.0 Å². The summed E-state index contributed by atoms with van der Waals surface area (Å²) >= 11 is 0. The lowest BCUT2D eigenvalue weighted by atomic mass is 9.97. The maximum Gasteiger partial charge on any atom is 0.338 e. The summed E-state index contributed by atoms with van der Waals surface area (Å²) in [5, 5.41) is 23.9. The van der Waals surface area contributed by atoms with Crippen molar-refractivity contribution in [2.75, 3.05) is 6.61 Å². The molecule has 1 amide bonds. The first-order valence-electron chi connectivity index (χ1n) is 10.0. The second kappa shape index (κ2) is 9.57. The van der Waals surface area contributed by atoms with E-state index in [0.717, 1.165) is 0 Å². The zero-order valence-electron chi connectivity index (χ0n) is 18.4. The highest BCUT2D eigenvalue weighted by Gasteiger charge is 2.50. The van der Waals surface area contributed by atoms with E-state index < -0.39 is 44.9 Å². The van der Waals surface area contributed by atoms with E-state index in [1.807, 2.05) is 33.9 Å². The van der Waals surface area contributed by atoms with Crippen LogP contribution in [0.25, 0.3) is 0 Å². The third kappa shape index (κ3) is 5.89. The minimum Gasteiger partial charge on any atom is -0.459 e. The molecule has 1 aliphatic heterocycles. The summed E-state index contributed by atoms with van der Waals surface area (Å²) in [5.74, 6) is -0.945. The average Bonchev–Trinajstić information content (AvgIpc) is 2.65. The largest absolute Gasteiger partial charge is 0.459 e. The Balaban J connectivity index is 2.18. The molecule has 0 spiro atoms. The van der Waals surface area contributed by atoms with Crippen LogP contribution in [-0.2, 0) is 18.7 Å². The number of amides is 1. The number of carbonyl (C=O) groups excluding carboxylic acids is 2. The number of nitrogens with one attached hydrogen (secondary N) is 1. The van der Waals surface area contributed by atoms with Crippen LogP contribution in [0.5, 0.6) is 0 Å². The van der Waals surface area contributed by atoms with Crippen molar-refractivity contribution in [1.29, 1.82) is 0 Å². The number of ether oxygens (including phenoxy) is 2. The van der Waals surface area contributed by atoms with Gasteiger partial charge in [-0.05, 0) is 30.3 Å². The van der Waals surface area contributed by atoms with E-state index in [0.29, 0.717) is 5.56 Å². The van der Waals surface area contributed by atoms with Crippen LogP contribution in [0.3, 0.4) is 0 Å². The molecule has 0 unspecified atom stereocenters. The Morgan fingerprint density at radius 2 is 1.77 bits per heavy atom. The number of aliphatic hydroxyl groups is 2. The number of hydrogen-bond acceptors (Lipinski definition) is 7. The molecule has 1 aliphatic rings. The Bertz CT molecular complexity index is 735. The molecule has 30 heavy (non-hydrogen) atoms. The smallest absolute Gasteiger partial charge is 0.338 e. The molecule has 168 valence electrons. The number of rotatable bonds is 6. The molecule has 3 N–H and O–H groups in total. The molecule has 8 nitrogen and oxygen atoms in total. The van der Waals surface area contributed by atoms with Crippen LogP contribution in [0.2, 0.25) is 18.1 Å². The predicted molar refractivity (Wildman–Crippen MR) is 113 cm³/mol. The average molecular weight is 440 g/mol. The summed E-state index contributed by atoms with van der Waals surface area (Å²) < 4.78 is 17.1. The van der Waals surface area contributed by atoms with Gasteiger partial charge in [0, 0.05) is 6.92 Å². The number of carbonyl (C=O) groups is 2. The zero-order valence-corrected chi connectivity index (χ0v) is 19.4. The summed E-state index contributed by atoms with van der Waals surface area (Å²) in [7, 11) is -2.37. The Morgan fingerprint density at radius 1 is 1.17 bits per heavy atom. The van der Waals surface area contributed by atoms with Crippen LogP contribution in [0.1, 0.15) is 38.1 Å². The number of benzene rings is 1. The zero-order chi connectivity index (χ0) is 22.7. The van der Waals surface area contributed by atoms with Crippen molar-refractivity contribution in [3.8, 4) is 0 Å². The van der Waals surface area contributed by atoms with Crippen molar-refractivity contribution in [2.45, 2.75) is 76.5 Å². The molecule has 1 aromatic carbocycles. The number of hydrogen-bond donors (Lipinski definition) is 3. The van der Waals surface area contributed by atoms with E-state index in [2.05, 4.69) is 5.32 Å². The van der Waals surface area contributed by atoms with Crippen LogP contribution in [-0.4, -0.2) is 67.7 Å². The third-order valence-electron chi connectivity index (χ3n) is 5.69. The molecule has 1 aromatic rings.